The van der Waals surface area contributed by atoms with E-state index in [9.17, 15) is 4.79 Å². The molecule has 0 fully saturated rings. The lowest BCUT2D eigenvalue weighted by Gasteiger charge is -2.06. The van der Waals surface area contributed by atoms with Crippen molar-refractivity contribution in [3.8, 4) is 5.88 Å². The average Bonchev–Trinajstić information content (AvgIpc) is 2.33. The summed E-state index contributed by atoms with van der Waals surface area (Å²) in [7, 11) is 0. The van der Waals surface area contributed by atoms with Gasteiger partial charge >= 0.3 is 5.97 Å². The predicted octanol–water partition coefficient (Wildman–Crippen LogP) is 4.26. The Kier molecular flexibility index (Phi) is 4.07. The molecule has 2 aromatic rings. The summed E-state index contributed by atoms with van der Waals surface area (Å²) in [4.78, 5) is 15.7. The highest BCUT2D eigenvalue weighted by Gasteiger charge is 2.15. The minimum atomic E-state index is -0.627. The van der Waals surface area contributed by atoms with Gasteiger partial charge < -0.3 is 4.74 Å². The van der Waals surface area contributed by atoms with E-state index in [0.717, 1.165) is 0 Å². The topological polar surface area (TPSA) is 39.2 Å². The van der Waals surface area contributed by atoms with Crippen molar-refractivity contribution >= 4 is 40.8 Å². The van der Waals surface area contributed by atoms with Crippen LogP contribution in [-0.2, 0) is 0 Å². The van der Waals surface area contributed by atoms with Crippen LogP contribution in [0.25, 0.3) is 0 Å². The zero-order valence-corrected chi connectivity index (χ0v) is 11.1. The van der Waals surface area contributed by atoms with Crippen LogP contribution in [0.5, 0.6) is 5.88 Å². The number of nitrogens with zero attached hydrogens (tertiary/aromatic N) is 1. The van der Waals surface area contributed by atoms with Crippen LogP contribution in [-0.4, -0.2) is 11.0 Å². The Hall–Kier alpha value is -1.29. The van der Waals surface area contributed by atoms with Crippen molar-refractivity contribution in [1.82, 2.24) is 4.98 Å². The zero-order valence-electron chi connectivity index (χ0n) is 8.86. The molecule has 0 N–H and O–H groups in total. The fourth-order valence-corrected chi connectivity index (χ4v) is 1.88. The smallest absolute Gasteiger partial charge is 0.346 e. The molecule has 0 saturated carbocycles. The average molecular weight is 303 g/mol. The first kappa shape index (κ1) is 13.1. The molecule has 0 radical (unpaired) electrons. The van der Waals surface area contributed by atoms with Crippen molar-refractivity contribution < 1.29 is 9.53 Å². The van der Waals surface area contributed by atoms with E-state index in [1.54, 1.807) is 24.3 Å². The van der Waals surface area contributed by atoms with Gasteiger partial charge in [0.25, 0.3) is 0 Å². The van der Waals surface area contributed by atoms with Crippen molar-refractivity contribution in [3.05, 3.63) is 57.2 Å². The molecule has 0 saturated heterocycles. The van der Waals surface area contributed by atoms with E-state index in [-0.39, 0.29) is 16.5 Å². The summed E-state index contributed by atoms with van der Waals surface area (Å²) in [6.45, 7) is 0. The van der Waals surface area contributed by atoms with Gasteiger partial charge in [-0.1, -0.05) is 46.9 Å². The molecule has 0 aliphatic rings. The van der Waals surface area contributed by atoms with Gasteiger partial charge in [-0.05, 0) is 18.2 Å². The maximum Gasteiger partial charge on any atom is 0.346 e. The van der Waals surface area contributed by atoms with Crippen LogP contribution in [0.2, 0.25) is 15.1 Å². The molecule has 0 atom stereocenters. The first-order valence-electron chi connectivity index (χ1n) is 4.85. The number of ether oxygens (including phenoxy) is 1. The van der Waals surface area contributed by atoms with Crippen LogP contribution in [0.1, 0.15) is 10.4 Å². The van der Waals surface area contributed by atoms with Gasteiger partial charge in [-0.2, -0.15) is 0 Å². The standard InChI is InChI=1S/C12H6Cl3NO2/c13-7-5-10(15)11(16-6-7)18-12(17)8-3-1-2-4-9(8)14/h1-6H. The highest BCUT2D eigenvalue weighted by atomic mass is 35.5. The van der Waals surface area contributed by atoms with E-state index in [4.69, 9.17) is 39.5 Å². The molecule has 0 spiro atoms. The zero-order chi connectivity index (χ0) is 13.1. The van der Waals surface area contributed by atoms with E-state index >= 15 is 0 Å². The molecule has 0 aliphatic carbocycles. The first-order valence-corrected chi connectivity index (χ1v) is 5.99. The third-order valence-corrected chi connectivity index (χ3v) is 2.86. The summed E-state index contributed by atoms with van der Waals surface area (Å²) in [5.41, 5.74) is 0.243. The maximum atomic E-state index is 11.8. The Labute approximate surface area is 118 Å². The molecule has 6 heteroatoms. The molecule has 0 aliphatic heterocycles. The van der Waals surface area contributed by atoms with E-state index < -0.39 is 5.97 Å². The summed E-state index contributed by atoms with van der Waals surface area (Å²) < 4.78 is 5.04. The van der Waals surface area contributed by atoms with E-state index in [0.29, 0.717) is 10.0 Å². The molecule has 18 heavy (non-hydrogen) atoms. The number of halogens is 3. The van der Waals surface area contributed by atoms with Gasteiger partial charge in [0.15, 0.2) is 0 Å². The molecule has 2 rings (SSSR count). The van der Waals surface area contributed by atoms with Crippen molar-refractivity contribution in [3.63, 3.8) is 0 Å². The number of aromatic nitrogens is 1. The van der Waals surface area contributed by atoms with Crippen molar-refractivity contribution in [1.29, 1.82) is 0 Å². The van der Waals surface area contributed by atoms with Crippen LogP contribution in [0, 0.1) is 0 Å². The third-order valence-electron chi connectivity index (χ3n) is 2.06. The molecular weight excluding hydrogens is 296 g/mol. The van der Waals surface area contributed by atoms with E-state index in [2.05, 4.69) is 4.98 Å². The van der Waals surface area contributed by atoms with E-state index in [1.165, 1.54) is 12.3 Å². The molecule has 1 aromatic carbocycles. The molecule has 0 unspecified atom stereocenters. The van der Waals surface area contributed by atoms with Gasteiger partial charge in [0.1, 0.15) is 5.02 Å². The minimum Gasteiger partial charge on any atom is -0.402 e. The van der Waals surface area contributed by atoms with Gasteiger partial charge in [-0.15, -0.1) is 0 Å². The third kappa shape index (κ3) is 2.93. The van der Waals surface area contributed by atoms with Crippen LogP contribution in [0.15, 0.2) is 36.5 Å². The summed E-state index contributed by atoms with van der Waals surface area (Å²) >= 11 is 17.4. The Balaban J connectivity index is 2.24. The minimum absolute atomic E-state index is 0.00835. The predicted molar refractivity (Wildman–Crippen MR) is 70.7 cm³/mol. The Morgan fingerprint density at radius 3 is 2.50 bits per heavy atom. The molecule has 1 heterocycles. The van der Waals surface area contributed by atoms with Crippen LogP contribution in [0.4, 0.5) is 0 Å². The fraction of sp³-hybridized carbons (Fsp3) is 0. The number of carbonyl (C=O) groups is 1. The lowest BCUT2D eigenvalue weighted by molar-refractivity contribution is 0.0728. The summed E-state index contributed by atoms with van der Waals surface area (Å²) in [6.07, 6.45) is 1.34. The van der Waals surface area contributed by atoms with Gasteiger partial charge in [-0.3, -0.25) is 0 Å². The van der Waals surface area contributed by atoms with Crippen LogP contribution < -0.4 is 4.74 Å². The second-order valence-corrected chi connectivity index (χ2v) is 4.56. The van der Waals surface area contributed by atoms with Crippen molar-refractivity contribution in [2.45, 2.75) is 0 Å². The number of carbonyl (C=O) groups excluding carboxylic acids is 1. The Bertz CT molecular complexity index is 602. The molecular formula is C12H6Cl3NO2. The van der Waals surface area contributed by atoms with E-state index in [1.807, 2.05) is 0 Å². The number of esters is 1. The summed E-state index contributed by atoms with van der Waals surface area (Å²) in [5, 5.41) is 0.813. The highest BCUT2D eigenvalue weighted by Crippen LogP contribution is 2.26. The summed E-state index contributed by atoms with van der Waals surface area (Å²) in [5.74, 6) is -0.636. The van der Waals surface area contributed by atoms with Crippen LogP contribution >= 0.6 is 34.8 Å². The largest absolute Gasteiger partial charge is 0.402 e. The van der Waals surface area contributed by atoms with Gasteiger partial charge in [0.05, 0.1) is 15.6 Å². The second kappa shape index (κ2) is 5.57. The summed E-state index contributed by atoms with van der Waals surface area (Å²) in [6, 6.07) is 7.97. The van der Waals surface area contributed by atoms with Crippen molar-refractivity contribution in [2.75, 3.05) is 0 Å². The normalized spacial score (nSPS) is 10.2. The van der Waals surface area contributed by atoms with Gasteiger partial charge in [-0.25, -0.2) is 9.78 Å². The van der Waals surface area contributed by atoms with Gasteiger partial charge in [0, 0.05) is 6.20 Å². The maximum absolute atomic E-state index is 11.8. The monoisotopic (exact) mass is 301 g/mol. The lowest BCUT2D eigenvalue weighted by atomic mass is 10.2. The number of hydrogen-bond donors (Lipinski definition) is 0. The highest BCUT2D eigenvalue weighted by molar-refractivity contribution is 6.35. The molecule has 3 nitrogen and oxygen atoms in total. The number of hydrogen-bond acceptors (Lipinski definition) is 3. The van der Waals surface area contributed by atoms with Crippen LogP contribution in [0.3, 0.4) is 0 Å². The molecule has 92 valence electrons. The van der Waals surface area contributed by atoms with Crippen molar-refractivity contribution in [2.24, 2.45) is 0 Å². The Morgan fingerprint density at radius 1 is 1.11 bits per heavy atom. The fourth-order valence-electron chi connectivity index (χ4n) is 1.25. The quantitative estimate of drug-likeness (QED) is 0.778. The second-order valence-electron chi connectivity index (χ2n) is 3.31. The molecule has 0 bridgehead atoms. The Morgan fingerprint density at radius 2 is 1.83 bits per heavy atom. The SMILES string of the molecule is O=C(Oc1ncc(Cl)cc1Cl)c1ccccc1Cl. The first-order chi connectivity index (χ1) is 8.58. The molecule has 0 amide bonds. The number of rotatable bonds is 2. The number of pyridine rings is 1. The molecule has 1 aromatic heterocycles. The van der Waals surface area contributed by atoms with Gasteiger partial charge in [0.2, 0.25) is 5.88 Å². The lowest BCUT2D eigenvalue weighted by Crippen LogP contribution is -2.10. The number of benzene rings is 1.